The van der Waals surface area contributed by atoms with Crippen molar-refractivity contribution in [3.8, 4) is 0 Å². The lowest BCUT2D eigenvalue weighted by Crippen LogP contribution is -2.44. The molecular formula is C24H33N3O2S. The molecule has 1 fully saturated rings. The molecule has 2 heterocycles. The number of nitrogens with zero attached hydrogens (tertiary/aromatic N) is 2. The molecule has 5 nitrogen and oxygen atoms in total. The normalized spacial score (nSPS) is 21.9. The molecule has 2 aromatic rings. The minimum atomic E-state index is 0.00796. The summed E-state index contributed by atoms with van der Waals surface area (Å²) >= 11 is 1.87. The molecule has 2 aliphatic rings. The van der Waals surface area contributed by atoms with E-state index in [0.29, 0.717) is 6.54 Å². The number of carbonyl (C=O) groups excluding carboxylic acids is 1. The first-order chi connectivity index (χ1) is 14.6. The zero-order chi connectivity index (χ0) is 20.9. The highest BCUT2D eigenvalue weighted by Gasteiger charge is 2.22. The molecule has 0 saturated carbocycles. The number of thiazole rings is 1. The fourth-order valence-corrected chi connectivity index (χ4v) is 5.69. The molecule has 0 bridgehead atoms. The van der Waals surface area contributed by atoms with E-state index in [1.165, 1.54) is 40.4 Å². The Balaban J connectivity index is 1.20. The molecule has 1 amide bonds. The number of amides is 1. The van der Waals surface area contributed by atoms with Crippen molar-refractivity contribution in [2.24, 2.45) is 0 Å². The quantitative estimate of drug-likeness (QED) is 0.679. The van der Waals surface area contributed by atoms with E-state index in [4.69, 9.17) is 9.72 Å². The van der Waals surface area contributed by atoms with Crippen LogP contribution in [0.4, 0.5) is 0 Å². The van der Waals surface area contributed by atoms with Crippen LogP contribution in [0, 0.1) is 0 Å². The van der Waals surface area contributed by atoms with Crippen LogP contribution in [-0.2, 0) is 30.5 Å². The van der Waals surface area contributed by atoms with Gasteiger partial charge in [-0.2, -0.15) is 0 Å². The smallest absolute Gasteiger partial charge is 0.251 e. The SMILES string of the molecule is CC1CN(Cc2ccc(C(=O)NCCCc3nc4c(s3)CCCC4)cc2)CC(C)O1. The molecule has 1 aromatic carbocycles. The first kappa shape index (κ1) is 21.5. The maximum Gasteiger partial charge on any atom is 0.251 e. The van der Waals surface area contributed by atoms with Crippen molar-refractivity contribution in [1.82, 2.24) is 15.2 Å². The Morgan fingerprint density at radius 3 is 2.63 bits per heavy atom. The van der Waals surface area contributed by atoms with Gasteiger partial charge in [-0.05, 0) is 63.6 Å². The highest BCUT2D eigenvalue weighted by molar-refractivity contribution is 7.11. The predicted molar refractivity (Wildman–Crippen MR) is 121 cm³/mol. The summed E-state index contributed by atoms with van der Waals surface area (Å²) in [7, 11) is 0. The Labute approximate surface area is 183 Å². The molecule has 0 radical (unpaired) electrons. The number of rotatable bonds is 7. The molecule has 1 aromatic heterocycles. The van der Waals surface area contributed by atoms with Gasteiger partial charge in [0.05, 0.1) is 22.9 Å². The van der Waals surface area contributed by atoms with E-state index >= 15 is 0 Å². The Morgan fingerprint density at radius 2 is 1.90 bits per heavy atom. The molecular weight excluding hydrogens is 394 g/mol. The lowest BCUT2D eigenvalue weighted by atomic mass is 10.0. The minimum absolute atomic E-state index is 0.00796. The molecule has 0 spiro atoms. The van der Waals surface area contributed by atoms with E-state index in [1.807, 2.05) is 23.5 Å². The average Bonchev–Trinajstić information content (AvgIpc) is 3.14. The number of nitrogens with one attached hydrogen (secondary N) is 1. The molecule has 30 heavy (non-hydrogen) atoms. The number of aromatic nitrogens is 1. The van der Waals surface area contributed by atoms with Crippen LogP contribution in [0.3, 0.4) is 0 Å². The van der Waals surface area contributed by atoms with E-state index in [2.05, 4.69) is 36.2 Å². The Kier molecular flexibility index (Phi) is 7.18. The fraction of sp³-hybridized carbons (Fsp3) is 0.583. The van der Waals surface area contributed by atoms with Gasteiger partial charge in [0.1, 0.15) is 0 Å². The van der Waals surface area contributed by atoms with Gasteiger partial charge in [0, 0.05) is 43.0 Å². The molecule has 1 N–H and O–H groups in total. The first-order valence-corrected chi connectivity index (χ1v) is 12.1. The fourth-order valence-electron chi connectivity index (χ4n) is 4.49. The summed E-state index contributed by atoms with van der Waals surface area (Å²) in [6, 6.07) is 8.01. The molecule has 4 rings (SSSR count). The molecule has 1 aliphatic carbocycles. The van der Waals surface area contributed by atoms with Gasteiger partial charge in [0.2, 0.25) is 0 Å². The summed E-state index contributed by atoms with van der Waals surface area (Å²) in [5.74, 6) is 0.00796. The zero-order valence-electron chi connectivity index (χ0n) is 18.2. The van der Waals surface area contributed by atoms with E-state index in [1.54, 1.807) is 0 Å². The molecule has 2 atom stereocenters. The van der Waals surface area contributed by atoms with Crippen LogP contribution in [0.5, 0.6) is 0 Å². The zero-order valence-corrected chi connectivity index (χ0v) is 19.0. The van der Waals surface area contributed by atoms with Gasteiger partial charge >= 0.3 is 0 Å². The summed E-state index contributed by atoms with van der Waals surface area (Å²) in [4.78, 5) is 21.1. The molecule has 1 aliphatic heterocycles. The lowest BCUT2D eigenvalue weighted by molar-refractivity contribution is -0.0704. The van der Waals surface area contributed by atoms with Crippen LogP contribution in [0.1, 0.15) is 64.6 Å². The van der Waals surface area contributed by atoms with Crippen molar-refractivity contribution >= 4 is 17.2 Å². The van der Waals surface area contributed by atoms with Crippen molar-refractivity contribution in [3.63, 3.8) is 0 Å². The van der Waals surface area contributed by atoms with Crippen LogP contribution < -0.4 is 5.32 Å². The largest absolute Gasteiger partial charge is 0.373 e. The van der Waals surface area contributed by atoms with Crippen LogP contribution in [0.15, 0.2) is 24.3 Å². The summed E-state index contributed by atoms with van der Waals surface area (Å²) in [6.45, 7) is 7.74. The molecule has 162 valence electrons. The third kappa shape index (κ3) is 5.68. The minimum Gasteiger partial charge on any atom is -0.373 e. The van der Waals surface area contributed by atoms with Crippen molar-refractivity contribution in [1.29, 1.82) is 0 Å². The highest BCUT2D eigenvalue weighted by atomic mass is 32.1. The summed E-state index contributed by atoms with van der Waals surface area (Å²) in [6.07, 6.45) is 7.34. The molecule has 6 heteroatoms. The van der Waals surface area contributed by atoms with Gasteiger partial charge in [0.15, 0.2) is 0 Å². The van der Waals surface area contributed by atoms with Crippen LogP contribution in [0.2, 0.25) is 0 Å². The number of fused-ring (bicyclic) bond motifs is 1. The first-order valence-electron chi connectivity index (χ1n) is 11.3. The predicted octanol–water partition coefficient (Wildman–Crippen LogP) is 3.99. The number of hydrogen-bond donors (Lipinski definition) is 1. The summed E-state index contributed by atoms with van der Waals surface area (Å²) in [5, 5.41) is 4.28. The molecule has 1 saturated heterocycles. The maximum atomic E-state index is 12.5. The van der Waals surface area contributed by atoms with E-state index in [9.17, 15) is 4.79 Å². The number of carbonyl (C=O) groups is 1. The highest BCUT2D eigenvalue weighted by Crippen LogP contribution is 2.27. The lowest BCUT2D eigenvalue weighted by Gasteiger charge is -2.35. The van der Waals surface area contributed by atoms with Gasteiger partial charge in [-0.1, -0.05) is 12.1 Å². The Morgan fingerprint density at radius 1 is 1.17 bits per heavy atom. The van der Waals surface area contributed by atoms with E-state index in [-0.39, 0.29) is 18.1 Å². The van der Waals surface area contributed by atoms with Gasteiger partial charge in [0.25, 0.3) is 5.91 Å². The number of hydrogen-bond acceptors (Lipinski definition) is 5. The van der Waals surface area contributed by atoms with Crippen molar-refractivity contribution in [2.45, 2.75) is 71.1 Å². The number of morpholine rings is 1. The maximum absolute atomic E-state index is 12.5. The van der Waals surface area contributed by atoms with Gasteiger partial charge in [-0.3, -0.25) is 9.69 Å². The Hall–Kier alpha value is -1.76. The number of benzene rings is 1. The van der Waals surface area contributed by atoms with E-state index < -0.39 is 0 Å². The molecule has 2 unspecified atom stereocenters. The van der Waals surface area contributed by atoms with Crippen molar-refractivity contribution < 1.29 is 9.53 Å². The Bertz CT molecular complexity index is 815. The van der Waals surface area contributed by atoms with Gasteiger partial charge in [-0.25, -0.2) is 4.98 Å². The standard InChI is InChI=1S/C24H33N3O2S/c1-17-14-27(15-18(2)29-17)16-19-9-11-20(12-10-19)24(28)25-13-5-8-23-26-21-6-3-4-7-22(21)30-23/h9-12,17-18H,3-8,13-16H2,1-2H3,(H,25,28). The second-order valence-electron chi connectivity index (χ2n) is 8.69. The van der Waals surface area contributed by atoms with Crippen LogP contribution >= 0.6 is 11.3 Å². The van der Waals surface area contributed by atoms with E-state index in [0.717, 1.165) is 44.5 Å². The van der Waals surface area contributed by atoms with Gasteiger partial charge < -0.3 is 10.1 Å². The van der Waals surface area contributed by atoms with Crippen LogP contribution in [-0.4, -0.2) is 47.6 Å². The second kappa shape index (κ2) is 10.0. The number of ether oxygens (including phenoxy) is 1. The monoisotopic (exact) mass is 427 g/mol. The van der Waals surface area contributed by atoms with Gasteiger partial charge in [-0.15, -0.1) is 11.3 Å². The van der Waals surface area contributed by atoms with Crippen molar-refractivity contribution in [2.75, 3.05) is 19.6 Å². The summed E-state index contributed by atoms with van der Waals surface area (Å²) in [5.41, 5.74) is 3.29. The second-order valence-corrected chi connectivity index (χ2v) is 9.86. The topological polar surface area (TPSA) is 54.5 Å². The number of aryl methyl sites for hydroxylation is 3. The van der Waals surface area contributed by atoms with Crippen molar-refractivity contribution in [3.05, 3.63) is 51.0 Å². The third-order valence-corrected chi connectivity index (χ3v) is 7.08. The average molecular weight is 428 g/mol. The summed E-state index contributed by atoms with van der Waals surface area (Å²) < 4.78 is 5.80. The third-order valence-electron chi connectivity index (χ3n) is 5.86. The van der Waals surface area contributed by atoms with Crippen LogP contribution in [0.25, 0.3) is 0 Å².